The highest BCUT2D eigenvalue weighted by Crippen LogP contribution is 2.31. The minimum Gasteiger partial charge on any atom is -0.294 e. The van der Waals surface area contributed by atoms with Crippen molar-refractivity contribution in [3.05, 3.63) is 74.3 Å². The Labute approximate surface area is 146 Å². The van der Waals surface area contributed by atoms with E-state index in [1.807, 2.05) is 37.3 Å². The number of allylic oxidation sites excluding steroid dienone is 1. The lowest BCUT2D eigenvalue weighted by atomic mass is 10.1. The monoisotopic (exact) mass is 344 g/mol. The number of carbonyl (C=O) groups excluding carboxylic acids is 1. The quantitative estimate of drug-likeness (QED) is 0.571. The largest absolute Gasteiger partial charge is 0.294 e. The second kappa shape index (κ2) is 6.51. The molecule has 0 heterocycles. The fraction of sp³-hybridized carbons (Fsp3) is 0.250. The third-order valence-corrected chi connectivity index (χ3v) is 5.06. The van der Waals surface area contributed by atoms with Gasteiger partial charge in [-0.25, -0.2) is 0 Å². The molecule has 0 N–H and O–H groups in total. The van der Waals surface area contributed by atoms with E-state index in [2.05, 4.69) is 19.1 Å². The van der Waals surface area contributed by atoms with E-state index in [0.717, 1.165) is 34.0 Å². The Morgan fingerprint density at radius 1 is 1.00 bits per heavy atom. The minimum atomic E-state index is 0.111. The first-order valence-electron chi connectivity index (χ1n) is 7.73. The summed E-state index contributed by atoms with van der Waals surface area (Å²) < 4.78 is 0. The predicted octanol–water partition coefficient (Wildman–Crippen LogP) is 6.01. The third kappa shape index (κ3) is 3.22. The van der Waals surface area contributed by atoms with Gasteiger partial charge in [0, 0.05) is 21.5 Å². The van der Waals surface area contributed by atoms with Crippen molar-refractivity contribution in [2.45, 2.75) is 26.7 Å². The third-order valence-electron chi connectivity index (χ3n) is 4.35. The van der Waals surface area contributed by atoms with E-state index in [1.165, 1.54) is 16.7 Å². The van der Waals surface area contributed by atoms with Crippen LogP contribution in [0.1, 0.15) is 40.9 Å². The SMILES string of the molecule is CC1=Cc2cccc(Cl)c2C1.CC1Cc2c(Cl)cccc2C1=O. The molecule has 0 spiro atoms. The van der Waals surface area contributed by atoms with E-state index in [-0.39, 0.29) is 11.7 Å². The van der Waals surface area contributed by atoms with E-state index >= 15 is 0 Å². The Balaban J connectivity index is 0.000000136. The first-order chi connectivity index (χ1) is 11.0. The van der Waals surface area contributed by atoms with Gasteiger partial charge in [0.05, 0.1) is 0 Å². The molecule has 2 aromatic rings. The summed E-state index contributed by atoms with van der Waals surface area (Å²) in [5, 5.41) is 1.63. The molecule has 118 valence electrons. The Kier molecular flexibility index (Phi) is 4.61. The van der Waals surface area contributed by atoms with Crippen LogP contribution in [0.15, 0.2) is 42.0 Å². The fourth-order valence-corrected chi connectivity index (χ4v) is 3.65. The van der Waals surface area contributed by atoms with Gasteiger partial charge in [-0.2, -0.15) is 0 Å². The van der Waals surface area contributed by atoms with Crippen LogP contribution in [0.2, 0.25) is 10.0 Å². The van der Waals surface area contributed by atoms with Crippen molar-refractivity contribution in [2.75, 3.05) is 0 Å². The lowest BCUT2D eigenvalue weighted by Gasteiger charge is -1.99. The maximum Gasteiger partial charge on any atom is 0.166 e. The molecular formula is C20H18Cl2O. The molecule has 2 aliphatic rings. The van der Waals surface area contributed by atoms with Crippen LogP contribution in [0.3, 0.4) is 0 Å². The highest BCUT2D eigenvalue weighted by atomic mass is 35.5. The summed E-state index contributed by atoms with van der Waals surface area (Å²) in [5.74, 6) is 0.340. The average molecular weight is 345 g/mol. The van der Waals surface area contributed by atoms with Gasteiger partial charge in [-0.05, 0) is 48.6 Å². The van der Waals surface area contributed by atoms with Crippen molar-refractivity contribution >= 4 is 35.1 Å². The zero-order valence-corrected chi connectivity index (χ0v) is 14.7. The van der Waals surface area contributed by atoms with Crippen LogP contribution in [0, 0.1) is 5.92 Å². The molecule has 23 heavy (non-hydrogen) atoms. The molecule has 0 fully saturated rings. The molecule has 0 aliphatic heterocycles. The topological polar surface area (TPSA) is 17.1 Å². The summed E-state index contributed by atoms with van der Waals surface area (Å²) in [6, 6.07) is 11.6. The summed E-state index contributed by atoms with van der Waals surface area (Å²) in [5.41, 5.74) is 5.81. The predicted molar refractivity (Wildman–Crippen MR) is 97.5 cm³/mol. The molecule has 4 rings (SSSR count). The molecule has 2 aromatic carbocycles. The van der Waals surface area contributed by atoms with E-state index in [9.17, 15) is 4.79 Å². The van der Waals surface area contributed by atoms with Crippen molar-refractivity contribution in [3.8, 4) is 0 Å². The Morgan fingerprint density at radius 3 is 2.30 bits per heavy atom. The maximum atomic E-state index is 11.5. The molecular weight excluding hydrogens is 327 g/mol. The fourth-order valence-electron chi connectivity index (χ4n) is 3.15. The molecule has 1 nitrogen and oxygen atoms in total. The van der Waals surface area contributed by atoms with Crippen LogP contribution in [0.4, 0.5) is 0 Å². The maximum absolute atomic E-state index is 11.5. The van der Waals surface area contributed by atoms with Gasteiger partial charge < -0.3 is 0 Å². The summed E-state index contributed by atoms with van der Waals surface area (Å²) in [6.45, 7) is 4.08. The van der Waals surface area contributed by atoms with Gasteiger partial charge in [-0.1, -0.05) is 66.0 Å². The second-order valence-electron chi connectivity index (χ2n) is 6.21. The molecule has 0 saturated heterocycles. The standard InChI is InChI=1S/C10H9ClO.C10H9Cl/c1-6-5-8-7(10(6)12)3-2-4-9(8)11;1-7-5-8-3-2-4-10(11)9(8)6-7/h2-4,6H,5H2,1H3;2-5H,6H2,1H3. The number of rotatable bonds is 0. The van der Waals surface area contributed by atoms with Crippen molar-refractivity contribution in [3.63, 3.8) is 0 Å². The van der Waals surface area contributed by atoms with E-state index < -0.39 is 0 Å². The number of benzene rings is 2. The lowest BCUT2D eigenvalue weighted by Crippen LogP contribution is -2.02. The number of hydrogen-bond acceptors (Lipinski definition) is 1. The van der Waals surface area contributed by atoms with Crippen LogP contribution in [-0.2, 0) is 12.8 Å². The molecule has 0 amide bonds. The molecule has 0 radical (unpaired) electrons. The van der Waals surface area contributed by atoms with Crippen LogP contribution in [0.5, 0.6) is 0 Å². The van der Waals surface area contributed by atoms with Gasteiger partial charge >= 0.3 is 0 Å². The summed E-state index contributed by atoms with van der Waals surface area (Å²) in [7, 11) is 0. The summed E-state index contributed by atoms with van der Waals surface area (Å²) in [6.07, 6.45) is 4.02. The van der Waals surface area contributed by atoms with E-state index in [4.69, 9.17) is 23.2 Å². The van der Waals surface area contributed by atoms with E-state index in [0.29, 0.717) is 0 Å². The van der Waals surface area contributed by atoms with Gasteiger partial charge in [-0.3, -0.25) is 4.79 Å². The van der Waals surface area contributed by atoms with E-state index in [1.54, 1.807) is 0 Å². The molecule has 0 bridgehead atoms. The Hall–Kier alpha value is -1.57. The first kappa shape index (κ1) is 16.3. The first-order valence-corrected chi connectivity index (χ1v) is 8.49. The highest BCUT2D eigenvalue weighted by Gasteiger charge is 2.27. The van der Waals surface area contributed by atoms with Gasteiger partial charge in [0.2, 0.25) is 0 Å². The Morgan fingerprint density at radius 2 is 1.65 bits per heavy atom. The van der Waals surface area contributed by atoms with Crippen molar-refractivity contribution in [2.24, 2.45) is 5.92 Å². The second-order valence-corrected chi connectivity index (χ2v) is 7.02. The van der Waals surface area contributed by atoms with Gasteiger partial charge in [0.15, 0.2) is 5.78 Å². The van der Waals surface area contributed by atoms with Crippen LogP contribution in [-0.4, -0.2) is 5.78 Å². The molecule has 0 saturated carbocycles. The molecule has 2 aliphatic carbocycles. The molecule has 1 unspecified atom stereocenters. The molecule has 1 atom stereocenters. The average Bonchev–Trinajstić information content (AvgIpc) is 3.03. The molecule has 0 aromatic heterocycles. The van der Waals surface area contributed by atoms with Crippen LogP contribution < -0.4 is 0 Å². The van der Waals surface area contributed by atoms with Crippen LogP contribution >= 0.6 is 23.2 Å². The zero-order valence-electron chi connectivity index (χ0n) is 13.2. The zero-order chi connectivity index (χ0) is 16.6. The summed E-state index contributed by atoms with van der Waals surface area (Å²) in [4.78, 5) is 11.5. The lowest BCUT2D eigenvalue weighted by molar-refractivity contribution is 0.0946. The Bertz CT molecular complexity index is 805. The molecule has 3 heteroatoms. The number of Topliss-reactive ketones (excluding diaryl/α,β-unsaturated/α-hetero) is 1. The normalized spacial score (nSPS) is 18.0. The minimum absolute atomic E-state index is 0.111. The number of halogens is 2. The smallest absolute Gasteiger partial charge is 0.166 e. The van der Waals surface area contributed by atoms with Crippen molar-refractivity contribution in [1.29, 1.82) is 0 Å². The van der Waals surface area contributed by atoms with Crippen molar-refractivity contribution in [1.82, 2.24) is 0 Å². The van der Waals surface area contributed by atoms with Crippen LogP contribution in [0.25, 0.3) is 6.08 Å². The summed E-state index contributed by atoms with van der Waals surface area (Å²) >= 11 is 11.9. The van der Waals surface area contributed by atoms with Gasteiger partial charge in [0.25, 0.3) is 0 Å². The van der Waals surface area contributed by atoms with Gasteiger partial charge in [-0.15, -0.1) is 0 Å². The van der Waals surface area contributed by atoms with Crippen molar-refractivity contribution < 1.29 is 4.79 Å². The highest BCUT2D eigenvalue weighted by molar-refractivity contribution is 6.32. The van der Waals surface area contributed by atoms with Gasteiger partial charge in [0.1, 0.15) is 0 Å². The number of ketones is 1. The number of fused-ring (bicyclic) bond motifs is 2. The number of carbonyl (C=O) groups is 1. The number of hydrogen-bond donors (Lipinski definition) is 0.